The summed E-state index contributed by atoms with van der Waals surface area (Å²) in [5.74, 6) is 0.324. The van der Waals surface area contributed by atoms with Crippen LogP contribution in [0.3, 0.4) is 0 Å². The van der Waals surface area contributed by atoms with Gasteiger partial charge in [-0.05, 0) is 17.5 Å². The number of carbonyl (C=O) groups is 1. The van der Waals surface area contributed by atoms with Gasteiger partial charge in [-0.2, -0.15) is 5.10 Å². The maximum absolute atomic E-state index is 11.8. The number of amides is 1. The van der Waals surface area contributed by atoms with Crippen LogP contribution in [0.25, 0.3) is 10.8 Å². The van der Waals surface area contributed by atoms with Gasteiger partial charge in [0.1, 0.15) is 5.75 Å². The number of nitrogens with zero attached hydrogens (tertiary/aromatic N) is 1. The van der Waals surface area contributed by atoms with Crippen molar-refractivity contribution in [3.63, 3.8) is 0 Å². The summed E-state index contributed by atoms with van der Waals surface area (Å²) in [4.78, 5) is 11.8. The van der Waals surface area contributed by atoms with Crippen LogP contribution in [-0.4, -0.2) is 18.7 Å². The fraction of sp³-hybridized carbons (Fsp3) is 0.0526. The number of benzene rings is 3. The average molecular weight is 339 g/mol. The molecular weight excluding hydrogens is 324 g/mol. The number of hydrogen-bond donors (Lipinski definition) is 1. The van der Waals surface area contributed by atoms with Gasteiger partial charge in [-0.3, -0.25) is 4.79 Å². The lowest BCUT2D eigenvalue weighted by Crippen LogP contribution is -2.24. The van der Waals surface area contributed by atoms with E-state index in [0.29, 0.717) is 10.8 Å². The predicted molar refractivity (Wildman–Crippen MR) is 96.6 cm³/mol. The lowest BCUT2D eigenvalue weighted by Gasteiger charge is -2.08. The number of carbonyl (C=O) groups excluding carboxylic acids is 1. The molecule has 0 bridgehead atoms. The van der Waals surface area contributed by atoms with Crippen LogP contribution < -0.4 is 10.2 Å². The second kappa shape index (κ2) is 7.62. The Kier molecular flexibility index (Phi) is 5.08. The van der Waals surface area contributed by atoms with E-state index in [-0.39, 0.29) is 12.5 Å². The highest BCUT2D eigenvalue weighted by molar-refractivity contribution is 6.33. The Hall–Kier alpha value is -2.85. The Balaban J connectivity index is 1.58. The minimum atomic E-state index is -0.341. The summed E-state index contributed by atoms with van der Waals surface area (Å²) in [7, 11) is 0. The van der Waals surface area contributed by atoms with Gasteiger partial charge < -0.3 is 4.74 Å². The van der Waals surface area contributed by atoms with Crippen LogP contribution in [0.1, 0.15) is 5.56 Å². The molecule has 0 saturated heterocycles. The van der Waals surface area contributed by atoms with Crippen molar-refractivity contribution >= 4 is 34.5 Å². The number of ether oxygens (including phenoxy) is 1. The number of hydrazone groups is 1. The molecule has 0 fully saturated rings. The molecule has 0 aliphatic heterocycles. The smallest absolute Gasteiger partial charge is 0.277 e. The molecule has 3 rings (SSSR count). The Labute approximate surface area is 144 Å². The number of nitrogens with one attached hydrogen (secondary N) is 1. The van der Waals surface area contributed by atoms with Crippen molar-refractivity contribution in [2.24, 2.45) is 5.10 Å². The average Bonchev–Trinajstić information content (AvgIpc) is 2.61. The van der Waals surface area contributed by atoms with Gasteiger partial charge >= 0.3 is 0 Å². The fourth-order valence-corrected chi connectivity index (χ4v) is 2.44. The number of fused-ring (bicyclic) bond motifs is 1. The van der Waals surface area contributed by atoms with Gasteiger partial charge in [-0.1, -0.05) is 66.2 Å². The van der Waals surface area contributed by atoms with Crippen molar-refractivity contribution in [2.75, 3.05) is 6.61 Å². The zero-order valence-corrected chi connectivity index (χ0v) is 13.5. The van der Waals surface area contributed by atoms with E-state index in [1.165, 1.54) is 6.21 Å². The topological polar surface area (TPSA) is 50.7 Å². The van der Waals surface area contributed by atoms with Crippen LogP contribution in [0.5, 0.6) is 5.75 Å². The largest absolute Gasteiger partial charge is 0.483 e. The van der Waals surface area contributed by atoms with E-state index in [1.807, 2.05) is 60.7 Å². The highest BCUT2D eigenvalue weighted by Crippen LogP contribution is 2.24. The van der Waals surface area contributed by atoms with Gasteiger partial charge in [-0.25, -0.2) is 5.43 Å². The molecule has 120 valence electrons. The standard InChI is InChI=1S/C19H15ClN2O2/c20-17-10-4-2-7-15(17)12-21-22-19(23)13-24-18-11-5-8-14-6-1-3-9-16(14)18/h1-12H,13H2,(H,22,23)/b21-12-. The van der Waals surface area contributed by atoms with Crippen LogP contribution in [0.2, 0.25) is 5.02 Å². The first kappa shape index (κ1) is 16.0. The minimum Gasteiger partial charge on any atom is -0.483 e. The monoisotopic (exact) mass is 338 g/mol. The Morgan fingerprint density at radius 3 is 2.67 bits per heavy atom. The van der Waals surface area contributed by atoms with E-state index in [2.05, 4.69) is 10.5 Å². The van der Waals surface area contributed by atoms with Gasteiger partial charge in [-0.15, -0.1) is 0 Å². The Bertz CT molecular complexity index is 888. The molecule has 3 aromatic rings. The van der Waals surface area contributed by atoms with Crippen molar-refractivity contribution in [3.8, 4) is 5.75 Å². The number of halogens is 1. The van der Waals surface area contributed by atoms with Crippen LogP contribution in [0.15, 0.2) is 71.8 Å². The molecule has 0 heterocycles. The third kappa shape index (κ3) is 3.91. The molecule has 0 aliphatic rings. The van der Waals surface area contributed by atoms with Crippen molar-refractivity contribution in [2.45, 2.75) is 0 Å². The van der Waals surface area contributed by atoms with E-state index >= 15 is 0 Å². The highest BCUT2D eigenvalue weighted by Gasteiger charge is 2.05. The summed E-state index contributed by atoms with van der Waals surface area (Å²) in [6.45, 7) is -0.117. The van der Waals surface area contributed by atoms with E-state index in [1.54, 1.807) is 6.07 Å². The molecule has 0 radical (unpaired) electrons. The molecule has 0 saturated carbocycles. The second-order valence-electron chi connectivity index (χ2n) is 5.08. The zero-order valence-electron chi connectivity index (χ0n) is 12.8. The Morgan fingerprint density at radius 1 is 1.04 bits per heavy atom. The number of hydrogen-bond acceptors (Lipinski definition) is 3. The SMILES string of the molecule is O=C(COc1cccc2ccccc12)N/N=C\c1ccccc1Cl. The summed E-state index contributed by atoms with van der Waals surface area (Å²) >= 11 is 6.01. The molecule has 0 atom stereocenters. The highest BCUT2D eigenvalue weighted by atomic mass is 35.5. The molecule has 0 aliphatic carbocycles. The minimum absolute atomic E-state index is 0.117. The van der Waals surface area contributed by atoms with Crippen LogP contribution in [0.4, 0.5) is 0 Å². The van der Waals surface area contributed by atoms with Crippen LogP contribution >= 0.6 is 11.6 Å². The maximum Gasteiger partial charge on any atom is 0.277 e. The first-order valence-electron chi connectivity index (χ1n) is 7.41. The molecule has 3 aromatic carbocycles. The van der Waals surface area contributed by atoms with Crippen LogP contribution in [0, 0.1) is 0 Å². The van der Waals surface area contributed by atoms with Crippen LogP contribution in [-0.2, 0) is 4.79 Å². The van der Waals surface area contributed by atoms with Gasteiger partial charge in [0.05, 0.1) is 6.21 Å². The summed E-state index contributed by atoms with van der Waals surface area (Å²) in [6, 6.07) is 20.8. The van der Waals surface area contributed by atoms with Gasteiger partial charge in [0.15, 0.2) is 6.61 Å². The quantitative estimate of drug-likeness (QED) is 0.564. The summed E-state index contributed by atoms with van der Waals surface area (Å²) in [6.07, 6.45) is 1.50. The molecule has 5 heteroatoms. The molecule has 24 heavy (non-hydrogen) atoms. The first-order valence-corrected chi connectivity index (χ1v) is 7.79. The number of rotatable bonds is 5. The first-order chi connectivity index (χ1) is 11.7. The molecule has 1 amide bonds. The lowest BCUT2D eigenvalue weighted by molar-refractivity contribution is -0.123. The normalized spacial score (nSPS) is 10.9. The molecule has 1 N–H and O–H groups in total. The zero-order chi connectivity index (χ0) is 16.8. The van der Waals surface area contributed by atoms with E-state index in [0.717, 1.165) is 16.3 Å². The summed E-state index contributed by atoms with van der Waals surface area (Å²) in [5.41, 5.74) is 3.15. The fourth-order valence-electron chi connectivity index (χ4n) is 2.25. The summed E-state index contributed by atoms with van der Waals surface area (Å²) < 4.78 is 5.60. The lowest BCUT2D eigenvalue weighted by atomic mass is 10.1. The van der Waals surface area contributed by atoms with Crippen molar-refractivity contribution < 1.29 is 9.53 Å². The molecule has 0 aromatic heterocycles. The van der Waals surface area contributed by atoms with Crippen molar-refractivity contribution in [3.05, 3.63) is 77.3 Å². The molecular formula is C19H15ClN2O2. The summed E-state index contributed by atoms with van der Waals surface area (Å²) in [5, 5.41) is 6.49. The molecule has 0 unspecified atom stereocenters. The third-order valence-corrected chi connectivity index (χ3v) is 3.75. The second-order valence-corrected chi connectivity index (χ2v) is 5.49. The van der Waals surface area contributed by atoms with E-state index < -0.39 is 0 Å². The van der Waals surface area contributed by atoms with Crippen molar-refractivity contribution in [1.82, 2.24) is 5.43 Å². The van der Waals surface area contributed by atoms with Gasteiger partial charge in [0, 0.05) is 16.0 Å². The van der Waals surface area contributed by atoms with Gasteiger partial charge in [0.2, 0.25) is 0 Å². The predicted octanol–water partition coefficient (Wildman–Crippen LogP) is 4.02. The van der Waals surface area contributed by atoms with Crippen molar-refractivity contribution in [1.29, 1.82) is 0 Å². The third-order valence-electron chi connectivity index (χ3n) is 3.41. The maximum atomic E-state index is 11.8. The van der Waals surface area contributed by atoms with Gasteiger partial charge in [0.25, 0.3) is 5.91 Å². The van der Waals surface area contributed by atoms with E-state index in [9.17, 15) is 4.79 Å². The van der Waals surface area contributed by atoms with E-state index in [4.69, 9.17) is 16.3 Å². The molecule has 0 spiro atoms. The molecule has 4 nitrogen and oxygen atoms in total. The Morgan fingerprint density at radius 2 is 1.79 bits per heavy atom.